The second-order valence-electron chi connectivity index (χ2n) is 6.55. The number of aromatic nitrogens is 1. The van der Waals surface area contributed by atoms with Crippen molar-refractivity contribution in [1.29, 1.82) is 0 Å². The van der Waals surface area contributed by atoms with Gasteiger partial charge in [-0.15, -0.1) is 11.3 Å². The number of aliphatic hydroxyl groups excluding tert-OH is 1. The van der Waals surface area contributed by atoms with E-state index >= 15 is 0 Å². The van der Waals surface area contributed by atoms with Crippen LogP contribution in [0.5, 0.6) is 5.75 Å². The SMILES string of the molecule is CCCc1cc(C(=O)NC(c2cncc(OC)c2)C2CC(O)C2)cs1. The first-order valence-electron chi connectivity index (χ1n) is 8.66. The summed E-state index contributed by atoms with van der Waals surface area (Å²) in [6.45, 7) is 2.13. The van der Waals surface area contributed by atoms with Gasteiger partial charge in [0.25, 0.3) is 5.91 Å². The fraction of sp³-hybridized carbons (Fsp3) is 0.474. The standard InChI is InChI=1S/C19H24N2O3S/c1-3-4-17-8-14(11-25-17)19(23)21-18(12-5-15(22)6-12)13-7-16(24-2)10-20-9-13/h7-12,15,18,22H,3-6H2,1-2H3,(H,21,23). The number of aliphatic hydroxyl groups is 1. The Balaban J connectivity index is 1.78. The van der Waals surface area contributed by atoms with Crippen molar-refractivity contribution in [2.24, 2.45) is 5.92 Å². The summed E-state index contributed by atoms with van der Waals surface area (Å²) in [7, 11) is 1.60. The molecule has 25 heavy (non-hydrogen) atoms. The molecule has 2 aromatic heterocycles. The Morgan fingerprint density at radius 1 is 1.44 bits per heavy atom. The first-order chi connectivity index (χ1) is 12.1. The zero-order valence-corrected chi connectivity index (χ0v) is 15.4. The number of hydrogen-bond donors (Lipinski definition) is 2. The molecule has 134 valence electrons. The van der Waals surface area contributed by atoms with Crippen LogP contribution in [0.15, 0.2) is 29.9 Å². The van der Waals surface area contributed by atoms with E-state index in [0.717, 1.165) is 18.4 Å². The van der Waals surface area contributed by atoms with E-state index in [4.69, 9.17) is 4.74 Å². The number of nitrogens with zero attached hydrogens (tertiary/aromatic N) is 1. The third-order valence-electron chi connectivity index (χ3n) is 4.65. The molecule has 1 atom stereocenters. The smallest absolute Gasteiger partial charge is 0.252 e. The predicted octanol–water partition coefficient (Wildman–Crippen LogP) is 3.35. The lowest BCUT2D eigenvalue weighted by molar-refractivity contribution is 0.0234. The molecule has 2 heterocycles. The van der Waals surface area contributed by atoms with Gasteiger partial charge in [-0.3, -0.25) is 9.78 Å². The van der Waals surface area contributed by atoms with E-state index in [1.54, 1.807) is 30.8 Å². The number of nitrogens with one attached hydrogen (secondary N) is 1. The molecule has 0 saturated heterocycles. The number of methoxy groups -OCH3 is 1. The van der Waals surface area contributed by atoms with Crippen LogP contribution in [0.1, 0.15) is 53.0 Å². The molecule has 1 saturated carbocycles. The van der Waals surface area contributed by atoms with E-state index in [0.29, 0.717) is 24.2 Å². The van der Waals surface area contributed by atoms with Crippen molar-refractivity contribution < 1.29 is 14.6 Å². The molecule has 3 rings (SSSR count). The van der Waals surface area contributed by atoms with Crippen LogP contribution in [0.3, 0.4) is 0 Å². The first-order valence-corrected chi connectivity index (χ1v) is 9.54. The van der Waals surface area contributed by atoms with Crippen LogP contribution in [0.2, 0.25) is 0 Å². The number of ether oxygens (including phenoxy) is 1. The maximum Gasteiger partial charge on any atom is 0.252 e. The van der Waals surface area contributed by atoms with Gasteiger partial charge in [0.2, 0.25) is 0 Å². The maximum atomic E-state index is 12.7. The number of thiophene rings is 1. The Bertz CT molecular complexity index is 725. The largest absolute Gasteiger partial charge is 0.495 e. The van der Waals surface area contributed by atoms with E-state index in [-0.39, 0.29) is 24.0 Å². The van der Waals surface area contributed by atoms with Crippen molar-refractivity contribution in [3.8, 4) is 5.75 Å². The van der Waals surface area contributed by atoms with Crippen molar-refractivity contribution >= 4 is 17.2 Å². The zero-order valence-electron chi connectivity index (χ0n) is 14.6. The fourth-order valence-corrected chi connectivity index (χ4v) is 4.16. The van der Waals surface area contributed by atoms with Crippen molar-refractivity contribution in [2.75, 3.05) is 7.11 Å². The first kappa shape index (κ1) is 17.9. The Hall–Kier alpha value is -1.92. The molecule has 1 aliphatic carbocycles. The molecular weight excluding hydrogens is 336 g/mol. The topological polar surface area (TPSA) is 71.5 Å². The van der Waals surface area contributed by atoms with Crippen molar-refractivity contribution in [1.82, 2.24) is 10.3 Å². The third kappa shape index (κ3) is 4.19. The average molecular weight is 360 g/mol. The van der Waals surface area contributed by atoms with Gasteiger partial charge >= 0.3 is 0 Å². The minimum Gasteiger partial charge on any atom is -0.495 e. The molecule has 0 bridgehead atoms. The number of amides is 1. The Morgan fingerprint density at radius 2 is 2.24 bits per heavy atom. The van der Waals surface area contributed by atoms with Crippen molar-refractivity contribution in [3.63, 3.8) is 0 Å². The minimum absolute atomic E-state index is 0.0761. The van der Waals surface area contributed by atoms with Crippen molar-refractivity contribution in [2.45, 2.75) is 44.8 Å². The van der Waals surface area contributed by atoms with Gasteiger partial charge in [-0.2, -0.15) is 0 Å². The zero-order chi connectivity index (χ0) is 17.8. The van der Waals surface area contributed by atoms with Crippen LogP contribution in [0, 0.1) is 5.92 Å². The van der Waals surface area contributed by atoms with Crippen molar-refractivity contribution in [3.05, 3.63) is 45.9 Å². The summed E-state index contributed by atoms with van der Waals surface area (Å²) in [4.78, 5) is 18.1. The fourth-order valence-electron chi connectivity index (χ4n) is 3.19. The highest BCUT2D eigenvalue weighted by atomic mass is 32.1. The summed E-state index contributed by atoms with van der Waals surface area (Å²) < 4.78 is 5.25. The van der Waals surface area contributed by atoms with Crippen LogP contribution in [-0.4, -0.2) is 29.2 Å². The molecule has 1 aliphatic rings. The molecule has 2 N–H and O–H groups in total. The molecule has 0 radical (unpaired) electrons. The van der Waals surface area contributed by atoms with Gasteiger partial charge in [-0.05, 0) is 42.9 Å². The minimum atomic E-state index is -0.278. The van der Waals surface area contributed by atoms with Gasteiger partial charge in [0, 0.05) is 16.5 Å². The lowest BCUT2D eigenvalue weighted by atomic mass is 9.75. The Morgan fingerprint density at radius 3 is 2.92 bits per heavy atom. The Kier molecular flexibility index (Phi) is 5.71. The number of pyridine rings is 1. The number of carbonyl (C=O) groups excluding carboxylic acids is 1. The second kappa shape index (κ2) is 7.97. The van der Waals surface area contributed by atoms with Crippen LogP contribution in [0.25, 0.3) is 0 Å². The molecule has 6 heteroatoms. The molecule has 1 fully saturated rings. The highest BCUT2D eigenvalue weighted by molar-refractivity contribution is 7.10. The number of aryl methyl sites for hydroxylation is 1. The van der Waals surface area contributed by atoms with E-state index in [1.165, 1.54) is 4.88 Å². The van der Waals surface area contributed by atoms with Gasteiger partial charge in [-0.1, -0.05) is 13.3 Å². The molecule has 0 aliphatic heterocycles. The summed E-state index contributed by atoms with van der Waals surface area (Å²) in [5.41, 5.74) is 1.61. The van der Waals surface area contributed by atoms with Crippen LogP contribution in [0.4, 0.5) is 0 Å². The normalized spacial score (nSPS) is 20.6. The van der Waals surface area contributed by atoms with Crippen LogP contribution < -0.4 is 10.1 Å². The quantitative estimate of drug-likeness (QED) is 0.794. The molecule has 2 aromatic rings. The van der Waals surface area contributed by atoms with Gasteiger partial charge in [0.15, 0.2) is 0 Å². The van der Waals surface area contributed by atoms with Gasteiger partial charge in [-0.25, -0.2) is 0 Å². The lowest BCUT2D eigenvalue weighted by Crippen LogP contribution is -2.41. The van der Waals surface area contributed by atoms with E-state index in [9.17, 15) is 9.90 Å². The summed E-state index contributed by atoms with van der Waals surface area (Å²) in [6.07, 6.45) is 6.57. The molecular formula is C19H24N2O3S. The van der Waals surface area contributed by atoms with E-state index < -0.39 is 0 Å². The molecule has 0 spiro atoms. The van der Waals surface area contributed by atoms with Crippen LogP contribution >= 0.6 is 11.3 Å². The van der Waals surface area contributed by atoms with Gasteiger partial charge in [0.1, 0.15) is 5.75 Å². The highest BCUT2D eigenvalue weighted by Gasteiger charge is 2.36. The summed E-state index contributed by atoms with van der Waals surface area (Å²) in [5, 5.41) is 14.7. The molecule has 1 unspecified atom stereocenters. The average Bonchev–Trinajstić information content (AvgIpc) is 3.06. The van der Waals surface area contributed by atoms with Crippen LogP contribution in [-0.2, 0) is 6.42 Å². The monoisotopic (exact) mass is 360 g/mol. The van der Waals surface area contributed by atoms with E-state index in [2.05, 4.69) is 17.2 Å². The molecule has 0 aromatic carbocycles. The summed E-state index contributed by atoms with van der Waals surface area (Å²) in [5.74, 6) is 0.798. The molecule has 1 amide bonds. The summed E-state index contributed by atoms with van der Waals surface area (Å²) >= 11 is 1.63. The predicted molar refractivity (Wildman–Crippen MR) is 98.0 cm³/mol. The third-order valence-corrected chi connectivity index (χ3v) is 5.65. The maximum absolute atomic E-state index is 12.7. The Labute approximate surface area is 152 Å². The van der Waals surface area contributed by atoms with E-state index in [1.807, 2.05) is 17.5 Å². The second-order valence-corrected chi connectivity index (χ2v) is 7.54. The van der Waals surface area contributed by atoms with Gasteiger partial charge < -0.3 is 15.2 Å². The van der Waals surface area contributed by atoms with Gasteiger partial charge in [0.05, 0.1) is 31.0 Å². The number of hydrogen-bond acceptors (Lipinski definition) is 5. The highest BCUT2D eigenvalue weighted by Crippen LogP contribution is 2.38. The molecule has 5 nitrogen and oxygen atoms in total. The number of rotatable bonds is 7. The summed E-state index contributed by atoms with van der Waals surface area (Å²) in [6, 6.07) is 3.70. The number of carbonyl (C=O) groups is 1. The lowest BCUT2D eigenvalue weighted by Gasteiger charge is -2.38.